The smallest absolute Gasteiger partial charge is 0.268 e. The molecule has 2 rings (SSSR count). The maximum Gasteiger partial charge on any atom is 0.269 e. The average Bonchev–Trinajstić information content (AvgIpc) is 2.41. The van der Waals surface area contributed by atoms with Gasteiger partial charge in [-0.3, -0.25) is 14.5 Å². The van der Waals surface area contributed by atoms with Crippen LogP contribution in [-0.2, 0) is 9.59 Å². The second-order valence-electron chi connectivity index (χ2n) is 2.51. The Morgan fingerprint density at radius 3 is 2.00 bits per heavy atom. The molecule has 0 atom stereocenters. The molecular formula is C7H6BrNO2S2. The number of nitrogens with zero attached hydrogens (tertiary/aromatic N) is 1. The average molecular weight is 280 g/mol. The number of rotatable bonds is 1. The van der Waals surface area contributed by atoms with Gasteiger partial charge in [-0.05, 0) is 0 Å². The summed E-state index contributed by atoms with van der Waals surface area (Å²) in [5.74, 6) is 1.54. The third-order valence-electron chi connectivity index (χ3n) is 1.78. The minimum atomic E-state index is -0.144. The molecule has 13 heavy (non-hydrogen) atoms. The second-order valence-corrected chi connectivity index (χ2v) is 5.22. The van der Waals surface area contributed by atoms with E-state index < -0.39 is 0 Å². The molecule has 0 bridgehead atoms. The van der Waals surface area contributed by atoms with E-state index in [1.807, 2.05) is 0 Å². The van der Waals surface area contributed by atoms with Crippen molar-refractivity contribution in [2.45, 2.75) is 0 Å². The molecule has 0 saturated carbocycles. The van der Waals surface area contributed by atoms with Crippen LogP contribution in [0.15, 0.2) is 9.81 Å². The lowest BCUT2D eigenvalue weighted by atomic mass is 10.5. The summed E-state index contributed by atoms with van der Waals surface area (Å²) in [7, 11) is 0. The van der Waals surface area contributed by atoms with Gasteiger partial charge >= 0.3 is 0 Å². The highest BCUT2D eigenvalue weighted by molar-refractivity contribution is 9.09. The third-order valence-corrected chi connectivity index (χ3v) is 4.82. The van der Waals surface area contributed by atoms with Crippen molar-refractivity contribution in [3.63, 3.8) is 0 Å². The van der Waals surface area contributed by atoms with E-state index in [0.717, 1.165) is 11.5 Å². The normalized spacial score (nSPS) is 22.7. The van der Waals surface area contributed by atoms with Crippen molar-refractivity contribution in [1.82, 2.24) is 4.90 Å². The van der Waals surface area contributed by atoms with Crippen LogP contribution in [0.4, 0.5) is 0 Å². The van der Waals surface area contributed by atoms with Gasteiger partial charge in [0.2, 0.25) is 0 Å². The standard InChI is InChI=1S/C7H6BrNO2S2/c8-3-9-6(10)4-5(7(9)11)13-2-1-12-4/h1-3H2. The number of imide groups is 1. The van der Waals surface area contributed by atoms with Crippen molar-refractivity contribution < 1.29 is 9.59 Å². The van der Waals surface area contributed by atoms with Crippen LogP contribution in [0.25, 0.3) is 0 Å². The number of amides is 2. The molecule has 2 heterocycles. The van der Waals surface area contributed by atoms with Gasteiger partial charge in [0, 0.05) is 11.5 Å². The number of thioether (sulfide) groups is 2. The van der Waals surface area contributed by atoms with Crippen LogP contribution < -0.4 is 0 Å². The first kappa shape index (κ1) is 9.61. The molecule has 0 aromatic rings. The maximum atomic E-state index is 11.6. The van der Waals surface area contributed by atoms with E-state index in [2.05, 4.69) is 15.9 Å². The summed E-state index contributed by atoms with van der Waals surface area (Å²) in [6, 6.07) is 0. The number of hydrogen-bond donors (Lipinski definition) is 0. The highest BCUT2D eigenvalue weighted by Crippen LogP contribution is 2.40. The fourth-order valence-electron chi connectivity index (χ4n) is 1.18. The molecule has 3 nitrogen and oxygen atoms in total. The Labute approximate surface area is 92.4 Å². The zero-order valence-corrected chi connectivity index (χ0v) is 9.80. The Bertz CT molecular complexity index is 288. The van der Waals surface area contributed by atoms with Gasteiger partial charge in [0.15, 0.2) is 0 Å². The highest BCUT2D eigenvalue weighted by Gasteiger charge is 2.39. The van der Waals surface area contributed by atoms with E-state index in [0.29, 0.717) is 15.3 Å². The molecule has 0 aliphatic carbocycles. The monoisotopic (exact) mass is 279 g/mol. The number of hydrogen-bond acceptors (Lipinski definition) is 4. The zero-order chi connectivity index (χ0) is 9.42. The summed E-state index contributed by atoms with van der Waals surface area (Å²) in [6.45, 7) is 0. The number of carbonyl (C=O) groups is 2. The molecule has 2 aliphatic heterocycles. The van der Waals surface area contributed by atoms with Crippen LogP contribution >= 0.6 is 39.5 Å². The summed E-state index contributed by atoms with van der Waals surface area (Å²) in [4.78, 5) is 25.6. The van der Waals surface area contributed by atoms with E-state index in [4.69, 9.17) is 0 Å². The van der Waals surface area contributed by atoms with Gasteiger partial charge in [0.1, 0.15) is 0 Å². The topological polar surface area (TPSA) is 37.4 Å². The Hall–Kier alpha value is 0.0600. The van der Waals surface area contributed by atoms with Gasteiger partial charge in [0.25, 0.3) is 11.8 Å². The molecule has 0 saturated heterocycles. The molecule has 0 unspecified atom stereocenters. The van der Waals surface area contributed by atoms with E-state index in [9.17, 15) is 9.59 Å². The van der Waals surface area contributed by atoms with Crippen LogP contribution in [0.2, 0.25) is 0 Å². The molecule has 0 aromatic carbocycles. The van der Waals surface area contributed by atoms with E-state index in [1.165, 1.54) is 28.4 Å². The maximum absolute atomic E-state index is 11.6. The van der Waals surface area contributed by atoms with Crippen LogP contribution in [0, 0.1) is 0 Å². The number of alkyl halides is 1. The van der Waals surface area contributed by atoms with Gasteiger partial charge in [-0.25, -0.2) is 0 Å². The Morgan fingerprint density at radius 2 is 1.62 bits per heavy atom. The predicted molar refractivity (Wildman–Crippen MR) is 57.6 cm³/mol. The van der Waals surface area contributed by atoms with Crippen molar-refractivity contribution in [1.29, 1.82) is 0 Å². The molecule has 2 amide bonds. The summed E-state index contributed by atoms with van der Waals surface area (Å²) in [6.07, 6.45) is 0. The van der Waals surface area contributed by atoms with E-state index >= 15 is 0 Å². The SMILES string of the molecule is O=C1C2=C(SCCS2)C(=O)N1CBr. The summed E-state index contributed by atoms with van der Waals surface area (Å²) < 4.78 is 0. The zero-order valence-electron chi connectivity index (χ0n) is 6.58. The minimum Gasteiger partial charge on any atom is -0.268 e. The molecule has 0 radical (unpaired) electrons. The fourth-order valence-corrected chi connectivity index (χ4v) is 3.97. The second kappa shape index (κ2) is 3.67. The molecule has 0 aromatic heterocycles. The molecule has 0 spiro atoms. The van der Waals surface area contributed by atoms with Gasteiger partial charge in [-0.15, -0.1) is 23.5 Å². The first-order valence-electron chi connectivity index (χ1n) is 3.67. The summed E-state index contributed by atoms with van der Waals surface area (Å²) in [5, 5.41) is 0. The third kappa shape index (κ3) is 1.45. The number of halogens is 1. The molecule has 0 N–H and O–H groups in total. The molecule has 70 valence electrons. The quantitative estimate of drug-likeness (QED) is 0.413. The lowest BCUT2D eigenvalue weighted by Crippen LogP contribution is -2.29. The minimum absolute atomic E-state index is 0.144. The van der Waals surface area contributed by atoms with E-state index in [1.54, 1.807) is 0 Å². The van der Waals surface area contributed by atoms with Crippen molar-refractivity contribution in [2.24, 2.45) is 0 Å². The van der Waals surface area contributed by atoms with Crippen molar-refractivity contribution >= 4 is 51.3 Å². The molecule has 6 heteroatoms. The first-order valence-corrected chi connectivity index (χ1v) is 6.77. The van der Waals surface area contributed by atoms with Crippen molar-refractivity contribution in [3.05, 3.63) is 9.81 Å². The fraction of sp³-hybridized carbons (Fsp3) is 0.429. The van der Waals surface area contributed by atoms with Crippen molar-refractivity contribution in [2.75, 3.05) is 17.0 Å². The van der Waals surface area contributed by atoms with Gasteiger partial charge < -0.3 is 0 Å². The Morgan fingerprint density at radius 1 is 1.15 bits per heavy atom. The lowest BCUT2D eigenvalue weighted by molar-refractivity contribution is -0.135. The van der Waals surface area contributed by atoms with E-state index in [-0.39, 0.29) is 11.8 Å². The number of carbonyl (C=O) groups excluding carboxylic acids is 2. The molecule has 0 fully saturated rings. The highest BCUT2D eigenvalue weighted by atomic mass is 79.9. The summed E-state index contributed by atoms with van der Waals surface area (Å²) >= 11 is 6.11. The van der Waals surface area contributed by atoms with Crippen LogP contribution in [0.3, 0.4) is 0 Å². The Kier molecular flexibility index (Phi) is 2.71. The lowest BCUT2D eigenvalue weighted by Gasteiger charge is -2.08. The first-order chi connectivity index (χ1) is 6.25. The predicted octanol–water partition coefficient (Wildman–Crippen LogP) is 1.40. The van der Waals surface area contributed by atoms with Gasteiger partial charge in [0.05, 0.1) is 15.3 Å². The molecule has 2 aliphatic rings. The van der Waals surface area contributed by atoms with Gasteiger partial charge in [-0.2, -0.15) is 0 Å². The van der Waals surface area contributed by atoms with Crippen LogP contribution in [-0.4, -0.2) is 33.7 Å². The van der Waals surface area contributed by atoms with Crippen LogP contribution in [0.5, 0.6) is 0 Å². The van der Waals surface area contributed by atoms with Gasteiger partial charge in [-0.1, -0.05) is 15.9 Å². The largest absolute Gasteiger partial charge is 0.269 e. The van der Waals surface area contributed by atoms with Crippen molar-refractivity contribution in [3.8, 4) is 0 Å². The molecular weight excluding hydrogens is 274 g/mol. The Balaban J connectivity index is 2.35. The summed E-state index contributed by atoms with van der Waals surface area (Å²) in [5.41, 5.74) is 0.290. The van der Waals surface area contributed by atoms with Crippen LogP contribution in [0.1, 0.15) is 0 Å².